The van der Waals surface area contributed by atoms with E-state index >= 15 is 0 Å². The van der Waals surface area contributed by atoms with Crippen LogP contribution in [0.2, 0.25) is 0 Å². The number of non-ortho nitro benzene ring substituents is 1. The molecule has 154 valence electrons. The molecule has 0 heterocycles. The number of rotatable bonds is 9. The molecule has 2 aromatic carbocycles. The average Bonchev–Trinajstić information content (AvgIpc) is 2.73. The van der Waals surface area contributed by atoms with Gasteiger partial charge in [-0.3, -0.25) is 25.1 Å². The molecular weight excluding hydrogens is 374 g/mol. The first kappa shape index (κ1) is 22.0. The number of hydrogen-bond donors (Lipinski definition) is 2. The summed E-state index contributed by atoms with van der Waals surface area (Å²) in [7, 11) is 1.33. The predicted octanol–water partition coefficient (Wildman–Crippen LogP) is 3.03. The van der Waals surface area contributed by atoms with E-state index in [1.807, 2.05) is 30.3 Å². The molecule has 0 aliphatic carbocycles. The van der Waals surface area contributed by atoms with Crippen LogP contribution in [0.25, 0.3) is 0 Å². The van der Waals surface area contributed by atoms with E-state index in [1.54, 1.807) is 13.8 Å². The van der Waals surface area contributed by atoms with Gasteiger partial charge in [0.25, 0.3) is 11.6 Å². The fourth-order valence-corrected chi connectivity index (χ4v) is 2.93. The first-order chi connectivity index (χ1) is 13.8. The Morgan fingerprint density at radius 2 is 1.72 bits per heavy atom. The number of nitro groups is 1. The van der Waals surface area contributed by atoms with Crippen molar-refractivity contribution < 1.29 is 19.2 Å². The van der Waals surface area contributed by atoms with E-state index in [9.17, 15) is 19.7 Å². The maximum atomic E-state index is 12.4. The highest BCUT2D eigenvalue weighted by atomic mass is 16.6. The second-order valence-corrected chi connectivity index (χ2v) is 7.19. The van der Waals surface area contributed by atoms with Gasteiger partial charge in [0.2, 0.25) is 0 Å². The SMILES string of the molecule is COC(=O)C(C)(C)C(CCc1ccccc1)NNC(=O)c1ccc([N+](=O)[O-])cc1. The molecule has 1 unspecified atom stereocenters. The van der Waals surface area contributed by atoms with Gasteiger partial charge in [-0.15, -0.1) is 0 Å². The van der Waals surface area contributed by atoms with Gasteiger partial charge in [0.15, 0.2) is 0 Å². The molecule has 1 amide bonds. The highest BCUT2D eigenvalue weighted by Gasteiger charge is 2.38. The second kappa shape index (κ2) is 9.79. The second-order valence-electron chi connectivity index (χ2n) is 7.19. The summed E-state index contributed by atoms with van der Waals surface area (Å²) in [6.07, 6.45) is 1.28. The van der Waals surface area contributed by atoms with Crippen LogP contribution in [-0.2, 0) is 16.0 Å². The molecule has 0 aliphatic heterocycles. The Morgan fingerprint density at radius 3 is 2.28 bits per heavy atom. The van der Waals surface area contributed by atoms with E-state index < -0.39 is 28.3 Å². The van der Waals surface area contributed by atoms with Crippen molar-refractivity contribution in [1.29, 1.82) is 0 Å². The molecule has 0 aliphatic rings. The highest BCUT2D eigenvalue weighted by Crippen LogP contribution is 2.26. The summed E-state index contributed by atoms with van der Waals surface area (Å²) in [5.74, 6) is -0.849. The van der Waals surface area contributed by atoms with Gasteiger partial charge >= 0.3 is 5.97 Å². The zero-order chi connectivity index (χ0) is 21.4. The minimum absolute atomic E-state index is 0.0953. The van der Waals surface area contributed by atoms with Gasteiger partial charge < -0.3 is 4.74 Å². The van der Waals surface area contributed by atoms with E-state index in [4.69, 9.17) is 4.74 Å². The van der Waals surface area contributed by atoms with Gasteiger partial charge in [0.1, 0.15) is 0 Å². The van der Waals surface area contributed by atoms with Crippen LogP contribution >= 0.6 is 0 Å². The molecule has 0 fully saturated rings. The number of carbonyl (C=O) groups excluding carboxylic acids is 2. The Hall–Kier alpha value is -3.26. The predicted molar refractivity (Wildman–Crippen MR) is 108 cm³/mol. The summed E-state index contributed by atoms with van der Waals surface area (Å²) < 4.78 is 4.92. The molecule has 0 saturated carbocycles. The van der Waals surface area contributed by atoms with Gasteiger partial charge in [0.05, 0.1) is 17.4 Å². The molecule has 1 atom stereocenters. The Bertz CT molecular complexity index is 850. The van der Waals surface area contributed by atoms with Crippen molar-refractivity contribution in [1.82, 2.24) is 10.9 Å². The summed E-state index contributed by atoms with van der Waals surface area (Å²) in [4.78, 5) is 34.9. The number of carbonyl (C=O) groups is 2. The minimum Gasteiger partial charge on any atom is -0.469 e. The maximum Gasteiger partial charge on any atom is 0.312 e. The molecule has 0 radical (unpaired) electrons. The van der Waals surface area contributed by atoms with Gasteiger partial charge in [-0.25, -0.2) is 5.43 Å². The largest absolute Gasteiger partial charge is 0.469 e. The molecule has 2 aromatic rings. The third-order valence-corrected chi connectivity index (χ3v) is 4.85. The van der Waals surface area contributed by atoms with E-state index in [0.717, 1.165) is 5.56 Å². The average molecular weight is 399 g/mol. The number of hydrazine groups is 1. The van der Waals surface area contributed by atoms with Crippen molar-refractivity contribution >= 4 is 17.6 Å². The Kier molecular flexibility index (Phi) is 7.44. The fourth-order valence-electron chi connectivity index (χ4n) is 2.93. The first-order valence-corrected chi connectivity index (χ1v) is 9.18. The maximum absolute atomic E-state index is 12.4. The minimum atomic E-state index is -0.897. The summed E-state index contributed by atoms with van der Waals surface area (Å²) in [6.45, 7) is 3.50. The van der Waals surface area contributed by atoms with Crippen LogP contribution in [0, 0.1) is 15.5 Å². The molecule has 0 saturated heterocycles. The summed E-state index contributed by atoms with van der Waals surface area (Å²) >= 11 is 0. The Morgan fingerprint density at radius 1 is 1.10 bits per heavy atom. The van der Waals surface area contributed by atoms with Crippen LogP contribution in [0.4, 0.5) is 5.69 Å². The number of aryl methyl sites for hydroxylation is 1. The lowest BCUT2D eigenvalue weighted by molar-refractivity contribution is -0.384. The highest BCUT2D eigenvalue weighted by molar-refractivity contribution is 5.94. The number of nitro benzene ring substituents is 1. The zero-order valence-corrected chi connectivity index (χ0v) is 16.7. The Labute approximate surface area is 169 Å². The van der Waals surface area contributed by atoms with Crippen molar-refractivity contribution in [3.8, 4) is 0 Å². The van der Waals surface area contributed by atoms with E-state index in [1.165, 1.54) is 31.4 Å². The molecular formula is C21H25N3O5. The van der Waals surface area contributed by atoms with Crippen molar-refractivity contribution in [3.63, 3.8) is 0 Å². The van der Waals surface area contributed by atoms with Gasteiger partial charge in [-0.2, -0.15) is 0 Å². The summed E-state index contributed by atoms with van der Waals surface area (Å²) in [5.41, 5.74) is 5.93. The lowest BCUT2D eigenvalue weighted by Crippen LogP contribution is -2.54. The van der Waals surface area contributed by atoms with Crippen LogP contribution in [-0.4, -0.2) is 30.0 Å². The van der Waals surface area contributed by atoms with Crippen LogP contribution < -0.4 is 10.9 Å². The zero-order valence-electron chi connectivity index (χ0n) is 16.7. The molecule has 0 bridgehead atoms. The standard InChI is InChI=1S/C21H25N3O5/c1-21(2,20(26)29-3)18(14-9-15-7-5-4-6-8-15)22-23-19(25)16-10-12-17(13-11-16)24(27)28/h4-8,10-13,18,22H,9,14H2,1-3H3,(H,23,25). The smallest absolute Gasteiger partial charge is 0.312 e. The van der Waals surface area contributed by atoms with E-state index in [-0.39, 0.29) is 11.3 Å². The van der Waals surface area contributed by atoms with Crippen LogP contribution in [0.5, 0.6) is 0 Å². The molecule has 8 heteroatoms. The number of benzene rings is 2. The molecule has 0 aromatic heterocycles. The van der Waals surface area contributed by atoms with Gasteiger partial charge in [0, 0.05) is 23.7 Å². The van der Waals surface area contributed by atoms with Crippen LogP contribution in [0.1, 0.15) is 36.2 Å². The molecule has 29 heavy (non-hydrogen) atoms. The Balaban J connectivity index is 2.08. The van der Waals surface area contributed by atoms with Crippen LogP contribution in [0.15, 0.2) is 54.6 Å². The van der Waals surface area contributed by atoms with Crippen molar-refractivity contribution in [3.05, 3.63) is 75.8 Å². The van der Waals surface area contributed by atoms with Gasteiger partial charge in [-0.05, 0) is 44.4 Å². The summed E-state index contributed by atoms with van der Waals surface area (Å²) in [5, 5.41) is 10.7. The normalized spacial score (nSPS) is 12.1. The topological polar surface area (TPSA) is 111 Å². The molecule has 2 N–H and O–H groups in total. The molecule has 2 rings (SSSR count). The van der Waals surface area contributed by atoms with Crippen molar-refractivity contribution in [2.45, 2.75) is 32.7 Å². The number of esters is 1. The van der Waals surface area contributed by atoms with Crippen molar-refractivity contribution in [2.75, 3.05) is 7.11 Å². The summed E-state index contributed by atoms with van der Waals surface area (Å²) in [6, 6.07) is 14.7. The quantitative estimate of drug-likeness (QED) is 0.381. The fraction of sp³-hybridized carbons (Fsp3) is 0.333. The molecule has 0 spiro atoms. The number of nitrogens with one attached hydrogen (secondary N) is 2. The van der Waals surface area contributed by atoms with E-state index in [2.05, 4.69) is 10.9 Å². The monoisotopic (exact) mass is 399 g/mol. The number of nitrogens with zero attached hydrogens (tertiary/aromatic N) is 1. The number of ether oxygens (including phenoxy) is 1. The molecule has 8 nitrogen and oxygen atoms in total. The lowest BCUT2D eigenvalue weighted by atomic mass is 9.81. The van der Waals surface area contributed by atoms with Gasteiger partial charge in [-0.1, -0.05) is 30.3 Å². The third kappa shape index (κ3) is 5.86. The van der Waals surface area contributed by atoms with Crippen molar-refractivity contribution in [2.24, 2.45) is 5.41 Å². The third-order valence-electron chi connectivity index (χ3n) is 4.85. The number of methoxy groups -OCH3 is 1. The first-order valence-electron chi connectivity index (χ1n) is 9.18. The lowest BCUT2D eigenvalue weighted by Gasteiger charge is -2.32. The van der Waals surface area contributed by atoms with E-state index in [0.29, 0.717) is 12.8 Å². The van der Waals surface area contributed by atoms with Crippen LogP contribution in [0.3, 0.4) is 0 Å². The number of hydrogen-bond acceptors (Lipinski definition) is 6. The number of amides is 1.